The van der Waals surface area contributed by atoms with Gasteiger partial charge in [0, 0.05) is 65.1 Å². The van der Waals surface area contributed by atoms with Gasteiger partial charge in [0.15, 0.2) is 5.82 Å². The predicted octanol–water partition coefficient (Wildman–Crippen LogP) is 13.8. The topological polar surface area (TPSA) is 40.0 Å². The zero-order chi connectivity index (χ0) is 38.3. The van der Waals surface area contributed by atoms with Crippen molar-refractivity contribution in [1.82, 2.24) is 23.7 Å². The molecule has 5 heteroatoms. The second kappa shape index (κ2) is 11.3. The molecule has 0 fully saturated rings. The van der Waals surface area contributed by atoms with Gasteiger partial charge in [0.25, 0.3) is 0 Å². The highest BCUT2D eigenvalue weighted by Crippen LogP contribution is 2.48. The Kier molecular flexibility index (Phi) is 5.96. The molecule has 14 rings (SSSR count). The number of aromatic nitrogens is 5. The zero-order valence-electron chi connectivity index (χ0n) is 31.6. The molecule has 0 aliphatic heterocycles. The van der Waals surface area contributed by atoms with E-state index >= 15 is 0 Å². The van der Waals surface area contributed by atoms with Gasteiger partial charge in [-0.2, -0.15) is 0 Å². The normalized spacial score (nSPS) is 12.4. The summed E-state index contributed by atoms with van der Waals surface area (Å²) in [5.41, 5.74) is 11.3. The van der Waals surface area contributed by atoms with Crippen molar-refractivity contribution >= 4 is 103 Å². The number of hydrogen-bond acceptors (Lipinski definition) is 2. The van der Waals surface area contributed by atoms with Gasteiger partial charge in [-0.05, 0) is 71.4 Å². The van der Waals surface area contributed by atoms with Crippen LogP contribution in [0.5, 0.6) is 0 Å². The number of nitrogens with zero attached hydrogens (tertiary/aromatic N) is 5. The largest absolute Gasteiger partial charge is 0.309 e. The maximum absolute atomic E-state index is 5.24. The minimum atomic E-state index is 0.824. The molecular weight excluding hydrogens is 719 g/mol. The molecule has 0 N–H and O–H groups in total. The van der Waals surface area contributed by atoms with Crippen LogP contribution in [0.15, 0.2) is 188 Å². The molecule has 14 aromatic rings. The van der Waals surface area contributed by atoms with Gasteiger partial charge in [-0.25, -0.2) is 0 Å². The van der Waals surface area contributed by atoms with Gasteiger partial charge < -0.3 is 8.97 Å². The maximum atomic E-state index is 5.24. The van der Waals surface area contributed by atoms with Crippen LogP contribution in [-0.2, 0) is 0 Å². The van der Waals surface area contributed by atoms with E-state index in [9.17, 15) is 0 Å². The molecule has 5 aromatic heterocycles. The number of fused-ring (bicyclic) bond motifs is 15. The standard InChI is InChI=1S/C54H31N5/c1-2-16-35(17-3-1)57-45-23-11-8-18-36(45)41-29-34(26-27-48(41)57)51-39-21-6-7-22-40(39)54(56-55-51)59-47-25-13-10-20-38(47)43-31-42-37-19-9-12-24-46(37)58-49-30-33-15-5-4-14-32(33)28-44(49)50(52(42)58)53(43)59/h1-31H. The van der Waals surface area contributed by atoms with Crippen LogP contribution in [0.4, 0.5) is 0 Å². The number of hydrogen-bond donors (Lipinski definition) is 0. The highest BCUT2D eigenvalue weighted by atomic mass is 15.2. The van der Waals surface area contributed by atoms with E-state index in [2.05, 4.69) is 202 Å². The first-order chi connectivity index (χ1) is 29.3. The second-order valence-electron chi connectivity index (χ2n) is 15.8. The molecule has 0 amide bonds. The fraction of sp³-hybridized carbons (Fsp3) is 0. The lowest BCUT2D eigenvalue weighted by Crippen LogP contribution is -2.03. The first-order valence-electron chi connectivity index (χ1n) is 20.2. The Morgan fingerprint density at radius 2 is 0.898 bits per heavy atom. The van der Waals surface area contributed by atoms with E-state index in [4.69, 9.17) is 10.2 Å². The van der Waals surface area contributed by atoms with Gasteiger partial charge in [0.05, 0.1) is 38.6 Å². The predicted molar refractivity (Wildman–Crippen MR) is 246 cm³/mol. The molecular formula is C54H31N5. The van der Waals surface area contributed by atoms with Crippen molar-refractivity contribution in [3.63, 3.8) is 0 Å². The number of para-hydroxylation sites is 4. The molecule has 0 atom stereocenters. The van der Waals surface area contributed by atoms with Crippen molar-refractivity contribution in [2.75, 3.05) is 0 Å². The Balaban J connectivity index is 1.09. The smallest absolute Gasteiger partial charge is 0.168 e. The van der Waals surface area contributed by atoms with Gasteiger partial charge in [-0.15, -0.1) is 10.2 Å². The summed E-state index contributed by atoms with van der Waals surface area (Å²) >= 11 is 0. The van der Waals surface area contributed by atoms with Crippen LogP contribution >= 0.6 is 0 Å². The highest BCUT2D eigenvalue weighted by molar-refractivity contribution is 6.35. The molecule has 0 aliphatic carbocycles. The van der Waals surface area contributed by atoms with Crippen molar-refractivity contribution in [2.24, 2.45) is 0 Å². The first-order valence-corrected chi connectivity index (χ1v) is 20.2. The van der Waals surface area contributed by atoms with Gasteiger partial charge in [-0.1, -0.05) is 127 Å². The van der Waals surface area contributed by atoms with Crippen LogP contribution in [0.1, 0.15) is 0 Å². The number of benzene rings is 9. The Morgan fingerprint density at radius 3 is 1.68 bits per heavy atom. The maximum Gasteiger partial charge on any atom is 0.168 e. The second-order valence-corrected chi connectivity index (χ2v) is 15.8. The number of rotatable bonds is 3. The van der Waals surface area contributed by atoms with Crippen molar-refractivity contribution in [3.05, 3.63) is 188 Å². The lowest BCUT2D eigenvalue weighted by Gasteiger charge is -2.13. The lowest BCUT2D eigenvalue weighted by atomic mass is 10.0. The van der Waals surface area contributed by atoms with E-state index in [1.165, 1.54) is 75.9 Å². The van der Waals surface area contributed by atoms with Crippen LogP contribution in [0, 0.1) is 0 Å². The third kappa shape index (κ3) is 4.03. The average Bonchev–Trinajstić information content (AvgIpc) is 4.02. The van der Waals surface area contributed by atoms with Crippen molar-refractivity contribution in [2.45, 2.75) is 0 Å². The summed E-state index contributed by atoms with van der Waals surface area (Å²) in [6.07, 6.45) is 0. The van der Waals surface area contributed by atoms with Gasteiger partial charge in [0.2, 0.25) is 0 Å². The molecule has 59 heavy (non-hydrogen) atoms. The summed E-state index contributed by atoms with van der Waals surface area (Å²) in [4.78, 5) is 0. The molecule has 5 nitrogen and oxygen atoms in total. The van der Waals surface area contributed by atoms with Gasteiger partial charge in [0.1, 0.15) is 5.69 Å². The monoisotopic (exact) mass is 749 g/mol. The van der Waals surface area contributed by atoms with Crippen LogP contribution in [0.25, 0.3) is 126 Å². The van der Waals surface area contributed by atoms with E-state index in [1.807, 2.05) is 0 Å². The Labute approximate surface area is 336 Å². The Hall–Kier alpha value is -8.02. The summed E-state index contributed by atoms with van der Waals surface area (Å²) in [6, 6.07) is 68.2. The fourth-order valence-electron chi connectivity index (χ4n) is 10.4. The molecule has 0 radical (unpaired) electrons. The quantitative estimate of drug-likeness (QED) is 0.180. The van der Waals surface area contributed by atoms with Crippen molar-refractivity contribution < 1.29 is 0 Å². The van der Waals surface area contributed by atoms with Crippen molar-refractivity contribution in [3.8, 4) is 22.8 Å². The third-order valence-electron chi connectivity index (χ3n) is 12.8. The van der Waals surface area contributed by atoms with Crippen LogP contribution < -0.4 is 0 Å². The Morgan fingerprint density at radius 1 is 0.322 bits per heavy atom. The van der Waals surface area contributed by atoms with E-state index in [0.29, 0.717) is 0 Å². The van der Waals surface area contributed by atoms with Crippen LogP contribution in [-0.4, -0.2) is 23.7 Å². The molecule has 0 spiro atoms. The average molecular weight is 750 g/mol. The molecule has 0 saturated carbocycles. The van der Waals surface area contributed by atoms with E-state index in [1.54, 1.807) is 0 Å². The fourth-order valence-corrected chi connectivity index (χ4v) is 10.4. The van der Waals surface area contributed by atoms with Gasteiger partial charge >= 0.3 is 0 Å². The summed E-state index contributed by atoms with van der Waals surface area (Å²) in [5.74, 6) is 0.824. The highest BCUT2D eigenvalue weighted by Gasteiger charge is 2.26. The molecule has 0 aliphatic rings. The van der Waals surface area contributed by atoms with Crippen LogP contribution in [0.2, 0.25) is 0 Å². The molecule has 0 unspecified atom stereocenters. The van der Waals surface area contributed by atoms with E-state index in [0.717, 1.165) is 50.1 Å². The summed E-state index contributed by atoms with van der Waals surface area (Å²) in [5, 5.41) is 24.8. The van der Waals surface area contributed by atoms with Crippen molar-refractivity contribution in [1.29, 1.82) is 0 Å². The molecule has 272 valence electrons. The SMILES string of the molecule is c1ccc(-n2c3ccccc3c3cc(-c4nnc(-n5c6ccccc6c6cc7c8ccccc8n8c9cc%10ccccc%10cc9c(c65)c78)c5ccccc45)ccc32)cc1. The minimum Gasteiger partial charge on any atom is -0.309 e. The lowest BCUT2D eigenvalue weighted by molar-refractivity contribution is 0.978. The molecule has 5 heterocycles. The molecule has 9 aromatic carbocycles. The molecule has 0 bridgehead atoms. The third-order valence-corrected chi connectivity index (χ3v) is 12.8. The Bertz CT molecular complexity index is 4070. The van der Waals surface area contributed by atoms with Gasteiger partial charge in [-0.3, -0.25) is 4.57 Å². The van der Waals surface area contributed by atoms with E-state index in [-0.39, 0.29) is 0 Å². The minimum absolute atomic E-state index is 0.824. The zero-order valence-corrected chi connectivity index (χ0v) is 31.6. The summed E-state index contributed by atoms with van der Waals surface area (Å²) < 4.78 is 7.23. The summed E-state index contributed by atoms with van der Waals surface area (Å²) in [7, 11) is 0. The first kappa shape index (κ1) is 31.1. The molecule has 0 saturated heterocycles. The van der Waals surface area contributed by atoms with E-state index < -0.39 is 0 Å². The van der Waals surface area contributed by atoms with Crippen LogP contribution in [0.3, 0.4) is 0 Å². The summed E-state index contributed by atoms with van der Waals surface area (Å²) in [6.45, 7) is 0.